The SMILES string of the molecule is O=c1[nH]c(=O)n([C@@H]2O[C@H](COP(=O)(O)OP(=O)(O)OP(=O)(O)O)[C@@H](O)[C@]2(F)Cl)cc1F. The van der Waals surface area contributed by atoms with E-state index in [9.17, 15) is 42.1 Å². The molecule has 0 radical (unpaired) electrons. The molecule has 0 bridgehead atoms. The number of ether oxygens (including phenoxy) is 1. The fourth-order valence-electron chi connectivity index (χ4n) is 2.21. The zero-order valence-electron chi connectivity index (χ0n) is 14.3. The van der Waals surface area contributed by atoms with Gasteiger partial charge < -0.3 is 29.4 Å². The maximum Gasteiger partial charge on any atom is 0.490 e. The highest BCUT2D eigenvalue weighted by Crippen LogP contribution is 2.66. The summed E-state index contributed by atoms with van der Waals surface area (Å²) in [7, 11) is -17.1. The molecular weight excluding hydrogens is 526 g/mol. The van der Waals surface area contributed by atoms with Crippen LogP contribution in [-0.4, -0.2) is 58.2 Å². The molecule has 1 aromatic rings. The summed E-state index contributed by atoms with van der Waals surface area (Å²) in [5.41, 5.74) is -2.86. The lowest BCUT2D eigenvalue weighted by Crippen LogP contribution is -2.42. The second-order valence-electron chi connectivity index (χ2n) is 5.68. The molecule has 31 heavy (non-hydrogen) atoms. The van der Waals surface area contributed by atoms with Crippen LogP contribution in [0.2, 0.25) is 0 Å². The van der Waals surface area contributed by atoms with E-state index in [-0.39, 0.29) is 10.8 Å². The first-order valence-corrected chi connectivity index (χ1v) is 12.3. The summed E-state index contributed by atoms with van der Waals surface area (Å²) in [6.07, 6.45) is -6.50. The van der Waals surface area contributed by atoms with Crippen LogP contribution in [0.15, 0.2) is 15.8 Å². The second kappa shape index (κ2) is 8.83. The number of aliphatic hydroxyl groups excluding tert-OH is 1. The van der Waals surface area contributed by atoms with Gasteiger partial charge in [0.1, 0.15) is 12.2 Å². The first-order valence-electron chi connectivity index (χ1n) is 7.35. The van der Waals surface area contributed by atoms with Crippen molar-refractivity contribution in [3.63, 3.8) is 0 Å². The fraction of sp³-hybridized carbons (Fsp3) is 0.556. The molecule has 1 aliphatic heterocycles. The Kier molecular flexibility index (Phi) is 7.53. The van der Waals surface area contributed by atoms with Crippen LogP contribution in [0.4, 0.5) is 8.78 Å². The number of nitrogens with one attached hydrogen (secondary N) is 1. The molecule has 16 nitrogen and oxygen atoms in total. The maximum atomic E-state index is 14.7. The lowest BCUT2D eigenvalue weighted by atomic mass is 10.1. The zero-order valence-corrected chi connectivity index (χ0v) is 17.8. The van der Waals surface area contributed by atoms with E-state index in [2.05, 4.69) is 13.1 Å². The van der Waals surface area contributed by atoms with Gasteiger partial charge in [0.05, 0.1) is 12.8 Å². The molecule has 0 amide bonds. The van der Waals surface area contributed by atoms with Crippen LogP contribution in [0.5, 0.6) is 0 Å². The van der Waals surface area contributed by atoms with Gasteiger partial charge in [-0.25, -0.2) is 22.9 Å². The third-order valence-corrected chi connectivity index (χ3v) is 7.59. The summed E-state index contributed by atoms with van der Waals surface area (Å²) < 4.78 is 77.6. The van der Waals surface area contributed by atoms with Crippen molar-refractivity contribution in [1.29, 1.82) is 0 Å². The number of alkyl halides is 2. The summed E-state index contributed by atoms with van der Waals surface area (Å²) in [5.74, 6) is -1.55. The Labute approximate surface area is 173 Å². The van der Waals surface area contributed by atoms with Gasteiger partial charge in [0.15, 0.2) is 6.23 Å². The Morgan fingerprint density at radius 2 is 1.77 bits per heavy atom. The van der Waals surface area contributed by atoms with Gasteiger partial charge in [0, 0.05) is 0 Å². The summed E-state index contributed by atoms with van der Waals surface area (Å²) in [5, 5.41) is 6.53. The van der Waals surface area contributed by atoms with Crippen LogP contribution in [0.25, 0.3) is 0 Å². The Morgan fingerprint density at radius 3 is 2.32 bits per heavy atom. The first kappa shape index (κ1) is 26.4. The minimum atomic E-state index is -5.84. The number of aliphatic hydroxyl groups is 1. The van der Waals surface area contributed by atoms with E-state index >= 15 is 0 Å². The van der Waals surface area contributed by atoms with E-state index in [0.29, 0.717) is 0 Å². The first-order chi connectivity index (χ1) is 13.8. The highest BCUT2D eigenvalue weighted by molar-refractivity contribution is 7.66. The number of phosphoric ester groups is 1. The Morgan fingerprint density at radius 1 is 1.19 bits per heavy atom. The standard InChI is InChI=1S/C9H12ClF2N2O14P3/c10-9(12)5(15)4(26-7(9)14-1-3(11)6(16)13-8(14)17)2-25-30(21,22)28-31(23,24)27-29(18,19)20/h1,4-5,7,15H,2H2,(H,21,22)(H,23,24)(H,13,16,17)(H2,18,19,20)/t4-,5-,7-,9-/m1/s1. The number of aromatic nitrogens is 2. The molecular formula is C9H12ClF2N2O14P3. The molecule has 1 fully saturated rings. The average Bonchev–Trinajstić information content (AvgIpc) is 2.76. The van der Waals surface area contributed by atoms with Crippen molar-refractivity contribution in [3.8, 4) is 0 Å². The topological polar surface area (TPSA) is 244 Å². The van der Waals surface area contributed by atoms with E-state index in [0.717, 1.165) is 0 Å². The third-order valence-electron chi connectivity index (χ3n) is 3.37. The van der Waals surface area contributed by atoms with Gasteiger partial charge in [-0.05, 0) is 0 Å². The lowest BCUT2D eigenvalue weighted by Gasteiger charge is -2.22. The predicted molar refractivity (Wildman–Crippen MR) is 90.7 cm³/mol. The number of hydrogen-bond donors (Lipinski definition) is 6. The van der Waals surface area contributed by atoms with Gasteiger partial charge in [-0.3, -0.25) is 18.9 Å². The molecule has 6 atom stereocenters. The number of rotatable bonds is 8. The molecule has 0 aromatic carbocycles. The van der Waals surface area contributed by atoms with Crippen molar-refractivity contribution >= 4 is 35.1 Å². The smallest absolute Gasteiger partial charge is 0.385 e. The minimum absolute atomic E-state index is 0.123. The summed E-state index contributed by atoms with van der Waals surface area (Å²) in [6.45, 7) is -1.32. The number of hydrogen-bond acceptors (Lipinski definition) is 10. The summed E-state index contributed by atoms with van der Waals surface area (Å²) in [6, 6.07) is 0. The fourth-order valence-corrected chi connectivity index (χ4v) is 5.54. The van der Waals surface area contributed by atoms with E-state index < -0.39 is 70.7 Å². The number of halogens is 3. The van der Waals surface area contributed by atoms with Gasteiger partial charge in [-0.15, -0.1) is 0 Å². The molecule has 1 aromatic heterocycles. The molecule has 2 unspecified atom stereocenters. The maximum absolute atomic E-state index is 14.7. The van der Waals surface area contributed by atoms with E-state index in [1.807, 2.05) is 0 Å². The van der Waals surface area contributed by atoms with Crippen molar-refractivity contribution in [3.05, 3.63) is 32.9 Å². The van der Waals surface area contributed by atoms with Gasteiger partial charge in [-0.2, -0.15) is 13.0 Å². The van der Waals surface area contributed by atoms with Crippen molar-refractivity contribution in [2.24, 2.45) is 0 Å². The lowest BCUT2D eigenvalue weighted by molar-refractivity contribution is -0.0513. The van der Waals surface area contributed by atoms with Crippen LogP contribution in [-0.2, 0) is 31.6 Å². The van der Waals surface area contributed by atoms with E-state index in [1.165, 1.54) is 4.98 Å². The monoisotopic (exact) mass is 538 g/mol. The van der Waals surface area contributed by atoms with Crippen LogP contribution < -0.4 is 11.2 Å². The molecule has 0 saturated carbocycles. The van der Waals surface area contributed by atoms with Crippen LogP contribution >= 0.6 is 35.1 Å². The number of nitrogens with zero attached hydrogens (tertiary/aromatic N) is 1. The molecule has 0 spiro atoms. The molecule has 2 heterocycles. The second-order valence-corrected chi connectivity index (χ2v) is 10.7. The number of aromatic amines is 1. The normalized spacial score (nSPS) is 30.6. The van der Waals surface area contributed by atoms with Crippen molar-refractivity contribution in [2.75, 3.05) is 6.61 Å². The van der Waals surface area contributed by atoms with Gasteiger partial charge in [0.25, 0.3) is 10.7 Å². The van der Waals surface area contributed by atoms with Gasteiger partial charge >= 0.3 is 29.2 Å². The van der Waals surface area contributed by atoms with E-state index in [1.54, 1.807) is 0 Å². The molecule has 2 rings (SSSR count). The Balaban J connectivity index is 2.17. The Bertz CT molecular complexity index is 1100. The van der Waals surface area contributed by atoms with Crippen molar-refractivity contribution in [2.45, 2.75) is 23.6 Å². The highest BCUT2D eigenvalue weighted by atomic mass is 35.5. The van der Waals surface area contributed by atoms with E-state index in [4.69, 9.17) is 31.0 Å². The minimum Gasteiger partial charge on any atom is -0.385 e. The molecule has 0 aliphatic carbocycles. The molecule has 1 aliphatic rings. The summed E-state index contributed by atoms with van der Waals surface area (Å²) in [4.78, 5) is 59.5. The summed E-state index contributed by atoms with van der Waals surface area (Å²) >= 11 is 5.48. The number of H-pyrrole nitrogens is 1. The Hall–Kier alpha value is -0.840. The van der Waals surface area contributed by atoms with Crippen molar-refractivity contribution < 1.29 is 65.0 Å². The van der Waals surface area contributed by atoms with Gasteiger partial charge in [-0.1, -0.05) is 11.6 Å². The molecule has 22 heteroatoms. The zero-order chi connectivity index (χ0) is 24.0. The molecule has 1 saturated heterocycles. The quantitative estimate of drug-likeness (QED) is 0.175. The predicted octanol–water partition coefficient (Wildman–Crippen LogP) is -0.818. The molecule has 178 valence electrons. The van der Waals surface area contributed by atoms with Crippen LogP contribution in [0, 0.1) is 5.82 Å². The highest BCUT2D eigenvalue weighted by Gasteiger charge is 2.58. The van der Waals surface area contributed by atoms with Crippen LogP contribution in [0.1, 0.15) is 6.23 Å². The van der Waals surface area contributed by atoms with Crippen LogP contribution in [0.3, 0.4) is 0 Å². The van der Waals surface area contributed by atoms with Gasteiger partial charge in [0.2, 0.25) is 5.82 Å². The average molecular weight is 539 g/mol. The third kappa shape index (κ3) is 6.58. The molecule has 6 N–H and O–H groups in total. The largest absolute Gasteiger partial charge is 0.490 e. The van der Waals surface area contributed by atoms with Crippen molar-refractivity contribution in [1.82, 2.24) is 9.55 Å². The number of phosphoric acid groups is 3.